The highest BCUT2D eigenvalue weighted by atomic mass is 16.3. The van der Waals surface area contributed by atoms with Crippen LogP contribution in [0.1, 0.15) is 52.4 Å². The Morgan fingerprint density at radius 3 is 2.79 bits per heavy atom. The van der Waals surface area contributed by atoms with Crippen LogP contribution in [0.3, 0.4) is 0 Å². The zero-order valence-electron chi connectivity index (χ0n) is 14.9. The molecule has 0 heterocycles. The van der Waals surface area contributed by atoms with Gasteiger partial charge in [0.05, 0.1) is 6.10 Å². The monoisotopic (exact) mass is 330 g/mol. The Morgan fingerprint density at radius 1 is 1.25 bits per heavy atom. The fraction of sp³-hybridized carbons (Fsp3) is 0.762. The molecule has 0 aromatic heterocycles. The second-order valence-electron chi connectivity index (χ2n) is 9.09. The summed E-state index contributed by atoms with van der Waals surface area (Å²) >= 11 is 0. The number of hydrogen-bond acceptors (Lipinski definition) is 3. The van der Waals surface area contributed by atoms with Gasteiger partial charge < -0.3 is 10.2 Å². The van der Waals surface area contributed by atoms with Gasteiger partial charge in [0.25, 0.3) is 0 Å². The summed E-state index contributed by atoms with van der Waals surface area (Å²) in [6.07, 6.45) is 11.5. The molecule has 3 nitrogen and oxygen atoms in total. The third-order valence-corrected chi connectivity index (χ3v) is 8.17. The van der Waals surface area contributed by atoms with Gasteiger partial charge in [-0.1, -0.05) is 25.5 Å². The van der Waals surface area contributed by atoms with Crippen LogP contribution in [-0.2, 0) is 4.79 Å². The van der Waals surface area contributed by atoms with Crippen LogP contribution in [0.25, 0.3) is 0 Å². The number of carbonyl (C=O) groups excluding carboxylic acids is 1. The van der Waals surface area contributed by atoms with Crippen LogP contribution in [0.15, 0.2) is 23.8 Å². The number of aliphatic hydroxyl groups is 2. The van der Waals surface area contributed by atoms with Crippen molar-refractivity contribution in [3.05, 3.63) is 23.8 Å². The second-order valence-corrected chi connectivity index (χ2v) is 9.09. The number of fused-ring (bicyclic) bond motifs is 5. The van der Waals surface area contributed by atoms with E-state index in [4.69, 9.17) is 0 Å². The maximum atomic E-state index is 11.8. The maximum absolute atomic E-state index is 11.8. The van der Waals surface area contributed by atoms with Crippen LogP contribution in [0.4, 0.5) is 0 Å². The van der Waals surface area contributed by atoms with E-state index < -0.39 is 0 Å². The van der Waals surface area contributed by atoms with E-state index in [0.29, 0.717) is 17.8 Å². The highest BCUT2D eigenvalue weighted by molar-refractivity contribution is 6.01. The molecule has 3 fully saturated rings. The summed E-state index contributed by atoms with van der Waals surface area (Å²) in [5.74, 6) is 2.04. The van der Waals surface area contributed by atoms with Crippen molar-refractivity contribution in [3.63, 3.8) is 0 Å². The van der Waals surface area contributed by atoms with Gasteiger partial charge in [0.15, 0.2) is 5.78 Å². The molecule has 132 valence electrons. The molecule has 0 aromatic rings. The number of aliphatic hydroxyl groups excluding tert-OH is 2. The number of rotatable bonds is 2. The van der Waals surface area contributed by atoms with Gasteiger partial charge in [0, 0.05) is 17.9 Å². The molecule has 0 aliphatic heterocycles. The van der Waals surface area contributed by atoms with E-state index in [1.165, 1.54) is 18.4 Å². The SMILES string of the molecule is CC12C=CC(=O)C=C1CCC1C2C(O)CC2(C)C(CCO)CCC12. The van der Waals surface area contributed by atoms with Gasteiger partial charge in [-0.15, -0.1) is 0 Å². The van der Waals surface area contributed by atoms with E-state index in [-0.39, 0.29) is 35.2 Å². The molecule has 2 N–H and O–H groups in total. The molecule has 4 rings (SSSR count). The van der Waals surface area contributed by atoms with E-state index >= 15 is 0 Å². The zero-order chi connectivity index (χ0) is 17.1. The van der Waals surface area contributed by atoms with Gasteiger partial charge in [0.1, 0.15) is 0 Å². The number of hydrogen-bond donors (Lipinski definition) is 2. The molecule has 3 heteroatoms. The Morgan fingerprint density at radius 2 is 2.04 bits per heavy atom. The average molecular weight is 330 g/mol. The molecule has 0 amide bonds. The molecular formula is C21H30O3. The van der Waals surface area contributed by atoms with Gasteiger partial charge in [-0.05, 0) is 73.8 Å². The van der Waals surface area contributed by atoms with Crippen LogP contribution in [0, 0.1) is 34.5 Å². The molecule has 7 atom stereocenters. The van der Waals surface area contributed by atoms with Crippen LogP contribution < -0.4 is 0 Å². The second kappa shape index (κ2) is 5.54. The third kappa shape index (κ3) is 2.13. The number of carbonyl (C=O) groups is 1. The third-order valence-electron chi connectivity index (χ3n) is 8.17. The molecule has 0 spiro atoms. The molecule has 24 heavy (non-hydrogen) atoms. The van der Waals surface area contributed by atoms with Crippen molar-refractivity contribution in [2.75, 3.05) is 6.61 Å². The molecular weight excluding hydrogens is 300 g/mol. The summed E-state index contributed by atoms with van der Waals surface area (Å²) in [6.45, 7) is 4.84. The quantitative estimate of drug-likeness (QED) is 0.817. The summed E-state index contributed by atoms with van der Waals surface area (Å²) in [4.78, 5) is 11.8. The van der Waals surface area contributed by atoms with Crippen molar-refractivity contribution >= 4 is 5.78 Å². The van der Waals surface area contributed by atoms with Crippen LogP contribution in [-0.4, -0.2) is 28.7 Å². The van der Waals surface area contributed by atoms with Crippen LogP contribution in [0.5, 0.6) is 0 Å². The summed E-state index contributed by atoms with van der Waals surface area (Å²) in [6, 6.07) is 0. The van der Waals surface area contributed by atoms with E-state index in [0.717, 1.165) is 25.7 Å². The van der Waals surface area contributed by atoms with Crippen LogP contribution >= 0.6 is 0 Å². The normalized spacial score (nSPS) is 50.1. The van der Waals surface area contributed by atoms with E-state index in [9.17, 15) is 15.0 Å². The smallest absolute Gasteiger partial charge is 0.178 e. The van der Waals surface area contributed by atoms with Gasteiger partial charge in [-0.3, -0.25) is 4.79 Å². The van der Waals surface area contributed by atoms with Crippen molar-refractivity contribution in [2.24, 2.45) is 34.5 Å². The van der Waals surface area contributed by atoms with Gasteiger partial charge in [-0.2, -0.15) is 0 Å². The summed E-state index contributed by atoms with van der Waals surface area (Å²) < 4.78 is 0. The first-order valence-electron chi connectivity index (χ1n) is 9.63. The predicted octanol–water partition coefficient (Wildman–Crippen LogP) is 3.26. The van der Waals surface area contributed by atoms with Crippen molar-refractivity contribution in [1.29, 1.82) is 0 Å². The highest BCUT2D eigenvalue weighted by Crippen LogP contribution is 2.66. The molecule has 0 saturated heterocycles. The van der Waals surface area contributed by atoms with E-state index in [2.05, 4.69) is 19.9 Å². The number of allylic oxidation sites excluding steroid dienone is 4. The molecule has 0 aromatic carbocycles. The summed E-state index contributed by atoms with van der Waals surface area (Å²) in [7, 11) is 0. The van der Waals surface area contributed by atoms with Gasteiger partial charge in [0.2, 0.25) is 0 Å². The van der Waals surface area contributed by atoms with Crippen molar-refractivity contribution in [2.45, 2.75) is 58.5 Å². The standard InChI is InChI=1S/C21H30O3/c1-20-9-7-15(23)11-14(20)3-5-16-17-6-4-13(8-10-22)21(17,2)12-18(24)19(16)20/h7,9,11,13,16-19,22,24H,3-6,8,10,12H2,1-2H3. The lowest BCUT2D eigenvalue weighted by Crippen LogP contribution is -2.55. The molecule has 3 saturated carbocycles. The minimum absolute atomic E-state index is 0.0972. The Bertz CT molecular complexity index is 606. The molecule has 4 aliphatic rings. The lowest BCUT2D eigenvalue weighted by molar-refractivity contribution is -0.119. The summed E-state index contributed by atoms with van der Waals surface area (Å²) in [5, 5.41) is 20.6. The maximum Gasteiger partial charge on any atom is 0.178 e. The molecule has 7 unspecified atom stereocenters. The van der Waals surface area contributed by atoms with E-state index in [1.807, 2.05) is 6.08 Å². The van der Waals surface area contributed by atoms with Gasteiger partial charge in [-0.25, -0.2) is 0 Å². The summed E-state index contributed by atoms with van der Waals surface area (Å²) in [5.41, 5.74) is 1.23. The Balaban J connectivity index is 1.70. The predicted molar refractivity (Wildman–Crippen MR) is 93.2 cm³/mol. The minimum Gasteiger partial charge on any atom is -0.396 e. The average Bonchev–Trinajstić information content (AvgIpc) is 2.84. The zero-order valence-corrected chi connectivity index (χ0v) is 14.9. The van der Waals surface area contributed by atoms with Crippen LogP contribution in [0.2, 0.25) is 0 Å². The minimum atomic E-state index is -0.318. The van der Waals surface area contributed by atoms with E-state index in [1.54, 1.807) is 6.08 Å². The first-order valence-corrected chi connectivity index (χ1v) is 9.63. The lowest BCUT2D eigenvalue weighted by Gasteiger charge is -2.59. The Labute approximate surface area is 144 Å². The van der Waals surface area contributed by atoms with Crippen molar-refractivity contribution in [1.82, 2.24) is 0 Å². The lowest BCUT2D eigenvalue weighted by atomic mass is 9.47. The highest BCUT2D eigenvalue weighted by Gasteiger charge is 2.61. The fourth-order valence-corrected chi connectivity index (χ4v) is 7.06. The first-order chi connectivity index (χ1) is 11.4. The Hall–Kier alpha value is -0.930. The molecule has 4 aliphatic carbocycles. The Kier molecular flexibility index (Phi) is 3.81. The largest absolute Gasteiger partial charge is 0.396 e. The van der Waals surface area contributed by atoms with Gasteiger partial charge >= 0.3 is 0 Å². The van der Waals surface area contributed by atoms with Crippen molar-refractivity contribution in [3.8, 4) is 0 Å². The molecule has 0 radical (unpaired) electrons. The van der Waals surface area contributed by atoms with Crippen molar-refractivity contribution < 1.29 is 15.0 Å². The topological polar surface area (TPSA) is 57.5 Å². The fourth-order valence-electron chi connectivity index (χ4n) is 7.06. The first kappa shape index (κ1) is 16.5. The molecule has 0 bridgehead atoms. The number of ketones is 1.